The Balaban J connectivity index is 2.18. The van der Waals surface area contributed by atoms with Gasteiger partial charge in [-0.25, -0.2) is 0 Å². The molecule has 0 aromatic carbocycles. The van der Waals surface area contributed by atoms with Gasteiger partial charge in [0.25, 0.3) is 5.91 Å². The molecule has 2 heterocycles. The number of aromatic nitrogens is 1. The SMILES string of the molecule is CCCn1cc(Br)cc1C(=O)N1C[C@@H](C)O[C@@H](C)C1. The summed E-state index contributed by atoms with van der Waals surface area (Å²) in [6.45, 7) is 8.33. The highest BCUT2D eigenvalue weighted by molar-refractivity contribution is 9.10. The molecule has 1 aliphatic rings. The van der Waals surface area contributed by atoms with Gasteiger partial charge in [-0.3, -0.25) is 4.79 Å². The first-order chi connectivity index (χ1) is 9.01. The highest BCUT2D eigenvalue weighted by Crippen LogP contribution is 2.19. The van der Waals surface area contributed by atoms with Crippen LogP contribution >= 0.6 is 15.9 Å². The summed E-state index contributed by atoms with van der Waals surface area (Å²) in [5.41, 5.74) is 0.759. The van der Waals surface area contributed by atoms with Crippen LogP contribution in [0.4, 0.5) is 0 Å². The molecule has 1 aliphatic heterocycles. The normalized spacial score (nSPS) is 23.7. The fourth-order valence-corrected chi connectivity index (χ4v) is 3.05. The first-order valence-electron chi connectivity index (χ1n) is 6.81. The number of amides is 1. The van der Waals surface area contributed by atoms with Crippen LogP contribution in [0.25, 0.3) is 0 Å². The summed E-state index contributed by atoms with van der Waals surface area (Å²) in [7, 11) is 0. The molecule has 5 heteroatoms. The molecule has 4 nitrogen and oxygen atoms in total. The molecular weight excluding hydrogens is 308 g/mol. The molecule has 0 aliphatic carbocycles. The maximum Gasteiger partial charge on any atom is 0.270 e. The number of morpholine rings is 1. The fourth-order valence-electron chi connectivity index (χ4n) is 2.59. The Hall–Kier alpha value is -0.810. The predicted octanol–water partition coefficient (Wildman–Crippen LogP) is 2.91. The minimum atomic E-state index is 0.0983. The smallest absolute Gasteiger partial charge is 0.270 e. The van der Waals surface area contributed by atoms with Crippen LogP contribution in [0.15, 0.2) is 16.7 Å². The van der Waals surface area contributed by atoms with Crippen molar-refractivity contribution in [2.45, 2.75) is 45.9 Å². The largest absolute Gasteiger partial charge is 0.372 e. The summed E-state index contributed by atoms with van der Waals surface area (Å²) in [4.78, 5) is 14.5. The minimum Gasteiger partial charge on any atom is -0.372 e. The van der Waals surface area contributed by atoms with Crippen molar-refractivity contribution in [3.05, 3.63) is 22.4 Å². The Morgan fingerprint density at radius 3 is 2.63 bits per heavy atom. The van der Waals surface area contributed by atoms with Crippen molar-refractivity contribution in [2.24, 2.45) is 0 Å². The minimum absolute atomic E-state index is 0.0983. The van der Waals surface area contributed by atoms with E-state index in [1.54, 1.807) is 0 Å². The van der Waals surface area contributed by atoms with Crippen molar-refractivity contribution in [1.29, 1.82) is 0 Å². The Bertz CT molecular complexity index is 448. The summed E-state index contributed by atoms with van der Waals surface area (Å²) in [6, 6.07) is 1.91. The Labute approximate surface area is 122 Å². The molecule has 0 saturated carbocycles. The first-order valence-corrected chi connectivity index (χ1v) is 7.61. The molecule has 2 atom stereocenters. The second kappa shape index (κ2) is 6.09. The second-order valence-electron chi connectivity index (χ2n) is 5.20. The maximum absolute atomic E-state index is 12.6. The molecule has 1 fully saturated rings. The zero-order valence-electron chi connectivity index (χ0n) is 11.7. The zero-order chi connectivity index (χ0) is 14.0. The quantitative estimate of drug-likeness (QED) is 0.855. The van der Waals surface area contributed by atoms with Gasteiger partial charge in [0.05, 0.1) is 12.2 Å². The third kappa shape index (κ3) is 3.39. The van der Waals surface area contributed by atoms with E-state index in [4.69, 9.17) is 4.74 Å². The molecule has 1 amide bonds. The highest BCUT2D eigenvalue weighted by Gasteiger charge is 2.28. The van der Waals surface area contributed by atoms with Crippen molar-refractivity contribution < 1.29 is 9.53 Å². The topological polar surface area (TPSA) is 34.5 Å². The number of halogens is 1. The van der Waals surface area contributed by atoms with Crippen LogP contribution in [0.3, 0.4) is 0 Å². The van der Waals surface area contributed by atoms with Gasteiger partial charge in [-0.05, 0) is 42.3 Å². The van der Waals surface area contributed by atoms with Gasteiger partial charge in [0.15, 0.2) is 0 Å². The Morgan fingerprint density at radius 1 is 1.42 bits per heavy atom. The molecule has 106 valence electrons. The predicted molar refractivity (Wildman–Crippen MR) is 78.3 cm³/mol. The third-order valence-corrected chi connectivity index (χ3v) is 3.69. The lowest BCUT2D eigenvalue weighted by molar-refractivity contribution is -0.0588. The molecule has 19 heavy (non-hydrogen) atoms. The zero-order valence-corrected chi connectivity index (χ0v) is 13.3. The van der Waals surface area contributed by atoms with E-state index < -0.39 is 0 Å². The molecule has 1 aromatic heterocycles. The molecule has 0 bridgehead atoms. The van der Waals surface area contributed by atoms with Crippen molar-refractivity contribution in [3.8, 4) is 0 Å². The van der Waals surface area contributed by atoms with Gasteiger partial charge in [-0.15, -0.1) is 0 Å². The first kappa shape index (κ1) is 14.6. The van der Waals surface area contributed by atoms with Gasteiger partial charge in [0.1, 0.15) is 5.69 Å². The van der Waals surface area contributed by atoms with E-state index in [-0.39, 0.29) is 18.1 Å². The maximum atomic E-state index is 12.6. The number of carbonyl (C=O) groups excluding carboxylic acids is 1. The molecule has 1 aromatic rings. The summed E-state index contributed by atoms with van der Waals surface area (Å²) in [5.74, 6) is 0.0983. The van der Waals surface area contributed by atoms with Crippen LogP contribution in [0, 0.1) is 0 Å². The van der Waals surface area contributed by atoms with Gasteiger partial charge in [0, 0.05) is 30.3 Å². The molecular formula is C14H21BrN2O2. The van der Waals surface area contributed by atoms with E-state index in [9.17, 15) is 4.79 Å². The van der Waals surface area contributed by atoms with Crippen LogP contribution < -0.4 is 0 Å². The number of aryl methyl sites for hydroxylation is 1. The van der Waals surface area contributed by atoms with Crippen LogP contribution in [-0.4, -0.2) is 40.7 Å². The molecule has 0 radical (unpaired) electrons. The van der Waals surface area contributed by atoms with E-state index in [1.807, 2.05) is 35.6 Å². The average molecular weight is 329 g/mol. The second-order valence-corrected chi connectivity index (χ2v) is 6.12. The lowest BCUT2D eigenvalue weighted by Gasteiger charge is -2.35. The van der Waals surface area contributed by atoms with E-state index in [0.717, 1.165) is 23.1 Å². The number of hydrogen-bond donors (Lipinski definition) is 0. The summed E-state index contributed by atoms with van der Waals surface area (Å²) >= 11 is 3.45. The highest BCUT2D eigenvalue weighted by atomic mass is 79.9. The monoisotopic (exact) mass is 328 g/mol. The lowest BCUT2D eigenvalue weighted by atomic mass is 10.2. The number of carbonyl (C=O) groups is 1. The van der Waals surface area contributed by atoms with E-state index in [0.29, 0.717) is 13.1 Å². The van der Waals surface area contributed by atoms with Crippen molar-refractivity contribution in [3.63, 3.8) is 0 Å². The standard InChI is InChI=1S/C14H21BrN2O2/c1-4-5-16-9-12(15)6-13(16)14(18)17-7-10(2)19-11(3)8-17/h6,9-11H,4-5,7-8H2,1-3H3/t10-,11+. The number of hydrogen-bond acceptors (Lipinski definition) is 2. The Kier molecular flexibility index (Phi) is 4.68. The van der Waals surface area contributed by atoms with Gasteiger partial charge >= 0.3 is 0 Å². The molecule has 0 unspecified atom stereocenters. The van der Waals surface area contributed by atoms with Crippen LogP contribution in [0.1, 0.15) is 37.7 Å². The van der Waals surface area contributed by atoms with Gasteiger partial charge in [-0.1, -0.05) is 6.92 Å². The number of ether oxygens (including phenoxy) is 1. The van der Waals surface area contributed by atoms with Gasteiger partial charge < -0.3 is 14.2 Å². The molecule has 0 N–H and O–H groups in total. The van der Waals surface area contributed by atoms with Crippen molar-refractivity contribution in [2.75, 3.05) is 13.1 Å². The Morgan fingerprint density at radius 2 is 2.05 bits per heavy atom. The van der Waals surface area contributed by atoms with Crippen molar-refractivity contribution >= 4 is 21.8 Å². The summed E-state index contributed by atoms with van der Waals surface area (Å²) < 4.78 is 8.66. The van der Waals surface area contributed by atoms with Gasteiger partial charge in [0.2, 0.25) is 0 Å². The van der Waals surface area contributed by atoms with Crippen LogP contribution in [0.5, 0.6) is 0 Å². The summed E-state index contributed by atoms with van der Waals surface area (Å²) in [6.07, 6.45) is 3.19. The average Bonchev–Trinajstić information content (AvgIpc) is 2.68. The number of nitrogens with zero attached hydrogens (tertiary/aromatic N) is 2. The van der Waals surface area contributed by atoms with E-state index in [2.05, 4.69) is 22.9 Å². The molecule has 1 saturated heterocycles. The fraction of sp³-hybridized carbons (Fsp3) is 0.643. The lowest BCUT2D eigenvalue weighted by Crippen LogP contribution is -2.48. The van der Waals surface area contributed by atoms with E-state index in [1.165, 1.54) is 0 Å². The third-order valence-electron chi connectivity index (χ3n) is 3.25. The van der Waals surface area contributed by atoms with Crippen LogP contribution in [-0.2, 0) is 11.3 Å². The number of rotatable bonds is 3. The van der Waals surface area contributed by atoms with Gasteiger partial charge in [-0.2, -0.15) is 0 Å². The summed E-state index contributed by atoms with van der Waals surface area (Å²) in [5, 5.41) is 0. The molecule has 0 spiro atoms. The van der Waals surface area contributed by atoms with Crippen molar-refractivity contribution in [1.82, 2.24) is 9.47 Å². The van der Waals surface area contributed by atoms with E-state index >= 15 is 0 Å². The molecule has 2 rings (SSSR count). The van der Waals surface area contributed by atoms with Crippen LogP contribution in [0.2, 0.25) is 0 Å².